The number of rotatable bonds is 10. The van der Waals surface area contributed by atoms with Gasteiger partial charge >= 0.3 is 0 Å². The summed E-state index contributed by atoms with van der Waals surface area (Å²) in [5, 5.41) is 14.3. The third kappa shape index (κ3) is 11.6. The van der Waals surface area contributed by atoms with Gasteiger partial charge in [-0.05, 0) is 47.5 Å². The minimum atomic E-state index is -0.137. The number of hydrogen-bond acceptors (Lipinski definition) is 5. The molecule has 0 aromatic heterocycles. The van der Waals surface area contributed by atoms with E-state index in [1.165, 1.54) is 25.7 Å². The number of nitrogens with one attached hydrogen (secondary N) is 1. The van der Waals surface area contributed by atoms with Gasteiger partial charge in [0.25, 0.3) is 0 Å². The fourth-order valence-electron chi connectivity index (χ4n) is 3.11. The summed E-state index contributed by atoms with van der Waals surface area (Å²) >= 11 is 11.4. The van der Waals surface area contributed by atoms with Crippen LogP contribution >= 0.6 is 23.2 Å². The van der Waals surface area contributed by atoms with Crippen LogP contribution < -0.4 is 14.8 Å². The van der Waals surface area contributed by atoms with E-state index in [0.717, 1.165) is 16.1 Å². The summed E-state index contributed by atoms with van der Waals surface area (Å²) in [6.07, 6.45) is 6.00. The average molecular weight is 535 g/mol. The first kappa shape index (κ1) is 29.9. The maximum absolute atomic E-state index is 9.53. The number of aliphatic hydroxyl groups is 1. The highest BCUT2D eigenvalue weighted by Gasteiger charge is 2.09. The first-order valence-electron chi connectivity index (χ1n) is 12.2. The van der Waals surface area contributed by atoms with Gasteiger partial charge in [-0.3, -0.25) is 0 Å². The SMILES string of the molecule is C1CCC1.COc1ccc(COCCNC(CO)c2ccc(Cl)cc2)cc1OC.Clc1ccccc1. The van der Waals surface area contributed by atoms with E-state index in [4.69, 9.17) is 37.4 Å². The zero-order valence-electron chi connectivity index (χ0n) is 21.1. The van der Waals surface area contributed by atoms with Gasteiger partial charge in [-0.25, -0.2) is 0 Å². The van der Waals surface area contributed by atoms with Gasteiger partial charge in [0.1, 0.15) is 0 Å². The van der Waals surface area contributed by atoms with E-state index in [9.17, 15) is 5.11 Å². The van der Waals surface area contributed by atoms with Crippen molar-refractivity contribution in [2.75, 3.05) is 34.0 Å². The Bertz CT molecular complexity index is 963. The van der Waals surface area contributed by atoms with Crippen LogP contribution in [-0.2, 0) is 11.3 Å². The summed E-state index contributed by atoms with van der Waals surface area (Å²) in [5.41, 5.74) is 2.00. The van der Waals surface area contributed by atoms with Crippen molar-refractivity contribution in [3.8, 4) is 11.5 Å². The van der Waals surface area contributed by atoms with Gasteiger partial charge in [0.2, 0.25) is 0 Å². The zero-order chi connectivity index (χ0) is 26.0. The van der Waals surface area contributed by atoms with Gasteiger partial charge in [0, 0.05) is 16.6 Å². The fourth-order valence-corrected chi connectivity index (χ4v) is 3.38. The second kappa shape index (κ2) is 18.0. The number of aliphatic hydroxyl groups excluding tert-OH is 1. The van der Waals surface area contributed by atoms with Crippen molar-refractivity contribution in [2.45, 2.75) is 38.3 Å². The van der Waals surface area contributed by atoms with Crippen LogP contribution in [0.4, 0.5) is 0 Å². The van der Waals surface area contributed by atoms with Gasteiger partial charge < -0.3 is 24.6 Å². The Morgan fingerprint density at radius 2 is 1.42 bits per heavy atom. The molecule has 5 nitrogen and oxygen atoms in total. The smallest absolute Gasteiger partial charge is 0.161 e. The molecule has 1 saturated carbocycles. The second-order valence-corrected chi connectivity index (χ2v) is 9.07. The Balaban J connectivity index is 0.000000337. The summed E-state index contributed by atoms with van der Waals surface area (Å²) in [7, 11) is 3.22. The van der Waals surface area contributed by atoms with Gasteiger partial charge in [-0.2, -0.15) is 0 Å². The lowest BCUT2D eigenvalue weighted by Crippen LogP contribution is -2.27. The minimum absolute atomic E-state index is 0.0112. The van der Waals surface area contributed by atoms with Crippen LogP contribution in [0.5, 0.6) is 11.5 Å². The molecule has 3 aromatic rings. The van der Waals surface area contributed by atoms with E-state index in [1.807, 2.05) is 72.8 Å². The molecule has 0 bridgehead atoms. The highest BCUT2D eigenvalue weighted by molar-refractivity contribution is 6.30. The van der Waals surface area contributed by atoms with Crippen molar-refractivity contribution in [1.82, 2.24) is 5.32 Å². The Labute approximate surface area is 225 Å². The maximum atomic E-state index is 9.53. The Morgan fingerprint density at radius 1 is 0.806 bits per heavy atom. The van der Waals surface area contributed by atoms with Gasteiger partial charge in [0.15, 0.2) is 11.5 Å². The number of benzene rings is 3. The van der Waals surface area contributed by atoms with Crippen LogP contribution in [0, 0.1) is 0 Å². The van der Waals surface area contributed by atoms with E-state index in [1.54, 1.807) is 14.2 Å². The van der Waals surface area contributed by atoms with Crippen LogP contribution in [0.2, 0.25) is 10.0 Å². The van der Waals surface area contributed by atoms with E-state index in [2.05, 4.69) is 5.32 Å². The van der Waals surface area contributed by atoms with E-state index >= 15 is 0 Å². The second-order valence-electron chi connectivity index (χ2n) is 8.19. The predicted octanol–water partition coefficient (Wildman–Crippen LogP) is 7.10. The van der Waals surface area contributed by atoms with Crippen molar-refractivity contribution < 1.29 is 19.3 Å². The van der Waals surface area contributed by atoms with Gasteiger partial charge in [0.05, 0.1) is 40.1 Å². The summed E-state index contributed by atoms with van der Waals surface area (Å²) in [6.45, 7) is 1.64. The van der Waals surface area contributed by atoms with Crippen LogP contribution in [0.25, 0.3) is 0 Å². The maximum Gasteiger partial charge on any atom is 0.161 e. The Morgan fingerprint density at radius 3 is 1.92 bits per heavy atom. The molecular weight excluding hydrogens is 497 g/mol. The van der Waals surface area contributed by atoms with Gasteiger partial charge in [-0.15, -0.1) is 0 Å². The number of halogens is 2. The summed E-state index contributed by atoms with van der Waals surface area (Å²) in [4.78, 5) is 0. The van der Waals surface area contributed by atoms with Crippen LogP contribution in [0.15, 0.2) is 72.8 Å². The Kier molecular flexibility index (Phi) is 15.0. The summed E-state index contributed by atoms with van der Waals surface area (Å²) < 4.78 is 16.2. The average Bonchev–Trinajstić information content (AvgIpc) is 2.86. The first-order chi connectivity index (χ1) is 17.6. The van der Waals surface area contributed by atoms with Gasteiger partial charge in [-0.1, -0.05) is 85.3 Å². The van der Waals surface area contributed by atoms with Crippen LogP contribution in [-0.4, -0.2) is 39.1 Å². The number of hydrogen-bond donors (Lipinski definition) is 2. The lowest BCUT2D eigenvalue weighted by atomic mass is 10.0. The van der Waals surface area contributed by atoms with Crippen molar-refractivity contribution in [2.24, 2.45) is 0 Å². The summed E-state index contributed by atoms with van der Waals surface area (Å²) in [6, 6.07) is 22.4. The molecule has 1 aliphatic carbocycles. The third-order valence-corrected chi connectivity index (χ3v) is 6.05. The quantitative estimate of drug-likeness (QED) is 0.272. The third-order valence-electron chi connectivity index (χ3n) is 5.54. The largest absolute Gasteiger partial charge is 0.493 e. The summed E-state index contributed by atoms with van der Waals surface area (Å²) in [5.74, 6) is 1.38. The van der Waals surface area contributed by atoms with Crippen molar-refractivity contribution in [3.05, 3.63) is 94.0 Å². The highest BCUT2D eigenvalue weighted by Crippen LogP contribution is 2.27. The number of methoxy groups -OCH3 is 2. The molecule has 1 unspecified atom stereocenters. The molecule has 0 spiro atoms. The molecule has 3 aromatic carbocycles. The van der Waals surface area contributed by atoms with E-state index in [0.29, 0.717) is 36.3 Å². The molecular formula is C29H37Cl2NO4. The molecule has 0 radical (unpaired) electrons. The molecule has 0 aliphatic heterocycles. The van der Waals surface area contributed by atoms with E-state index < -0.39 is 0 Å². The molecule has 2 N–H and O–H groups in total. The number of ether oxygens (including phenoxy) is 3. The Hall–Kier alpha value is -2.28. The van der Waals surface area contributed by atoms with Crippen molar-refractivity contribution >= 4 is 23.2 Å². The van der Waals surface area contributed by atoms with Crippen molar-refractivity contribution in [1.29, 1.82) is 0 Å². The molecule has 36 heavy (non-hydrogen) atoms. The molecule has 1 atom stereocenters. The predicted molar refractivity (Wildman–Crippen MR) is 148 cm³/mol. The standard InChI is InChI=1S/C19H24ClNO4.C6H5Cl.C4H8/c1-23-18-8-3-14(11-19(18)24-2)13-25-10-9-21-17(12-22)15-4-6-16(20)7-5-15;7-6-4-2-1-3-5-6;1-2-4-3-1/h3-8,11,17,21-22H,9-10,12-13H2,1-2H3;1-5H;1-4H2. The lowest BCUT2D eigenvalue weighted by molar-refractivity contribution is 0.117. The lowest BCUT2D eigenvalue weighted by Gasteiger charge is -2.17. The van der Waals surface area contributed by atoms with Crippen molar-refractivity contribution in [3.63, 3.8) is 0 Å². The minimum Gasteiger partial charge on any atom is -0.493 e. The molecule has 4 rings (SSSR count). The van der Waals surface area contributed by atoms with E-state index in [-0.39, 0.29) is 12.6 Å². The molecule has 0 amide bonds. The molecule has 0 saturated heterocycles. The molecule has 7 heteroatoms. The normalized spacial score (nSPS) is 12.7. The molecule has 1 fully saturated rings. The molecule has 196 valence electrons. The molecule has 1 aliphatic rings. The van der Waals surface area contributed by atoms with Crippen LogP contribution in [0.3, 0.4) is 0 Å². The van der Waals surface area contributed by atoms with Crippen LogP contribution in [0.1, 0.15) is 42.9 Å². The zero-order valence-corrected chi connectivity index (χ0v) is 22.6. The first-order valence-corrected chi connectivity index (χ1v) is 12.9. The highest BCUT2D eigenvalue weighted by atomic mass is 35.5. The molecule has 0 heterocycles. The topological polar surface area (TPSA) is 60.0 Å². The fraction of sp³-hybridized carbons (Fsp3) is 0.379. The monoisotopic (exact) mass is 533 g/mol.